The summed E-state index contributed by atoms with van der Waals surface area (Å²) in [6.07, 6.45) is -5.39. The van der Waals surface area contributed by atoms with E-state index in [2.05, 4.69) is 5.32 Å². The number of hydrogen-bond acceptors (Lipinski definition) is 3. The molecule has 0 aliphatic rings. The van der Waals surface area contributed by atoms with Crippen LogP contribution in [0, 0.1) is 0 Å². The van der Waals surface area contributed by atoms with Gasteiger partial charge in [0.15, 0.2) is 0 Å². The van der Waals surface area contributed by atoms with Crippen LogP contribution in [0.5, 0.6) is 0 Å². The van der Waals surface area contributed by atoms with Gasteiger partial charge in [-0.3, -0.25) is 4.79 Å². The van der Waals surface area contributed by atoms with Crippen LogP contribution in [-0.4, -0.2) is 25.3 Å². The smallest absolute Gasteiger partial charge is 0.389 e. The fraction of sp³-hybridized carbons (Fsp3) is 0.417. The first-order valence-electron chi connectivity index (χ1n) is 5.88. The standard InChI is InChI=1S/C12H13Cl2F3N2O2/c13-7-4-8(14)11(9(18)5-7)19-10(20)6-21-3-1-2-12(15,16)17/h4-5H,1-3,6,18H2,(H,19,20). The van der Waals surface area contributed by atoms with E-state index >= 15 is 0 Å². The molecule has 0 unspecified atom stereocenters. The average molecular weight is 345 g/mol. The van der Waals surface area contributed by atoms with Crippen molar-refractivity contribution in [2.24, 2.45) is 0 Å². The predicted octanol–water partition coefficient (Wildman–Crippen LogP) is 3.87. The third kappa shape index (κ3) is 6.88. The molecule has 9 heteroatoms. The van der Waals surface area contributed by atoms with Crippen molar-refractivity contribution in [1.29, 1.82) is 0 Å². The molecule has 1 aromatic carbocycles. The fourth-order valence-electron chi connectivity index (χ4n) is 1.44. The Kier molecular flexibility index (Phi) is 6.57. The average Bonchev–Trinajstić information content (AvgIpc) is 2.32. The van der Waals surface area contributed by atoms with Crippen LogP contribution < -0.4 is 11.1 Å². The molecule has 0 spiro atoms. The van der Waals surface area contributed by atoms with Crippen LogP contribution in [-0.2, 0) is 9.53 Å². The van der Waals surface area contributed by atoms with Gasteiger partial charge >= 0.3 is 6.18 Å². The van der Waals surface area contributed by atoms with Crippen molar-refractivity contribution in [2.45, 2.75) is 19.0 Å². The first-order chi connectivity index (χ1) is 9.69. The Labute approximate surface area is 129 Å². The minimum absolute atomic E-state index is 0.158. The number of anilines is 2. The third-order valence-corrected chi connectivity index (χ3v) is 2.85. The van der Waals surface area contributed by atoms with E-state index in [4.69, 9.17) is 33.7 Å². The van der Waals surface area contributed by atoms with Crippen LogP contribution in [0.25, 0.3) is 0 Å². The number of carbonyl (C=O) groups is 1. The van der Waals surface area contributed by atoms with Gasteiger partial charge in [0.05, 0.1) is 16.4 Å². The fourth-order valence-corrected chi connectivity index (χ4v) is 2.00. The molecule has 1 aromatic rings. The third-order valence-electron chi connectivity index (χ3n) is 2.33. The quantitative estimate of drug-likeness (QED) is 0.608. The molecule has 0 atom stereocenters. The van der Waals surface area contributed by atoms with Crippen LogP contribution in [0.2, 0.25) is 10.0 Å². The number of alkyl halides is 3. The molecule has 0 aromatic heterocycles. The molecular formula is C12H13Cl2F3N2O2. The maximum Gasteiger partial charge on any atom is 0.389 e. The number of nitrogen functional groups attached to an aromatic ring is 1. The van der Waals surface area contributed by atoms with Gasteiger partial charge in [-0.05, 0) is 18.6 Å². The number of hydrogen-bond donors (Lipinski definition) is 2. The lowest BCUT2D eigenvalue weighted by Gasteiger charge is -2.11. The van der Waals surface area contributed by atoms with Crippen molar-refractivity contribution in [1.82, 2.24) is 0 Å². The molecular weight excluding hydrogens is 332 g/mol. The summed E-state index contributed by atoms with van der Waals surface area (Å²) < 4.78 is 40.5. The van der Waals surface area contributed by atoms with Crippen molar-refractivity contribution in [3.8, 4) is 0 Å². The van der Waals surface area contributed by atoms with Gasteiger partial charge in [-0.2, -0.15) is 13.2 Å². The molecule has 1 amide bonds. The zero-order valence-corrected chi connectivity index (χ0v) is 12.3. The molecule has 0 heterocycles. The Balaban J connectivity index is 2.38. The van der Waals surface area contributed by atoms with Crippen molar-refractivity contribution >= 4 is 40.5 Å². The molecule has 1 rings (SSSR count). The highest BCUT2D eigenvalue weighted by atomic mass is 35.5. The van der Waals surface area contributed by atoms with Crippen LogP contribution in [0.1, 0.15) is 12.8 Å². The first kappa shape index (κ1) is 17.9. The Hall–Kier alpha value is -1.18. The van der Waals surface area contributed by atoms with E-state index in [1.54, 1.807) is 0 Å². The van der Waals surface area contributed by atoms with Gasteiger partial charge in [0.25, 0.3) is 0 Å². The van der Waals surface area contributed by atoms with E-state index in [1.807, 2.05) is 0 Å². The van der Waals surface area contributed by atoms with Crippen molar-refractivity contribution in [3.05, 3.63) is 22.2 Å². The van der Waals surface area contributed by atoms with Gasteiger partial charge in [0.2, 0.25) is 5.91 Å². The number of carbonyl (C=O) groups excluding carboxylic acids is 1. The summed E-state index contributed by atoms with van der Waals surface area (Å²) >= 11 is 11.6. The lowest BCUT2D eigenvalue weighted by Crippen LogP contribution is -2.20. The summed E-state index contributed by atoms with van der Waals surface area (Å²) in [6.45, 7) is -0.562. The predicted molar refractivity (Wildman–Crippen MR) is 75.6 cm³/mol. The van der Waals surface area contributed by atoms with Crippen molar-refractivity contribution < 1.29 is 22.7 Å². The van der Waals surface area contributed by atoms with Gasteiger partial charge in [0.1, 0.15) is 6.61 Å². The zero-order valence-electron chi connectivity index (χ0n) is 10.8. The lowest BCUT2D eigenvalue weighted by atomic mass is 10.2. The van der Waals surface area contributed by atoms with E-state index in [1.165, 1.54) is 12.1 Å². The zero-order chi connectivity index (χ0) is 16.0. The van der Waals surface area contributed by atoms with Crippen molar-refractivity contribution in [2.75, 3.05) is 24.3 Å². The normalized spacial score (nSPS) is 11.5. The lowest BCUT2D eigenvalue weighted by molar-refractivity contribution is -0.138. The van der Waals surface area contributed by atoms with Crippen LogP contribution in [0.4, 0.5) is 24.5 Å². The summed E-state index contributed by atoms with van der Waals surface area (Å²) in [7, 11) is 0. The minimum Gasteiger partial charge on any atom is -0.397 e. The molecule has 0 saturated carbocycles. The molecule has 118 valence electrons. The molecule has 0 radical (unpaired) electrons. The second-order valence-corrected chi connectivity index (χ2v) is 5.01. The summed E-state index contributed by atoms with van der Waals surface area (Å²) in [5.41, 5.74) is 6.01. The minimum atomic E-state index is -4.23. The summed E-state index contributed by atoms with van der Waals surface area (Å²) in [5, 5.41) is 2.89. The number of nitrogens with two attached hydrogens (primary N) is 1. The highest BCUT2D eigenvalue weighted by Crippen LogP contribution is 2.31. The maximum atomic E-state index is 11.9. The Bertz CT molecular complexity index is 487. The number of nitrogens with one attached hydrogen (secondary N) is 1. The number of halogens is 5. The Morgan fingerprint density at radius 1 is 1.33 bits per heavy atom. The molecule has 0 saturated heterocycles. The molecule has 0 bridgehead atoms. The van der Waals surface area contributed by atoms with Gasteiger partial charge < -0.3 is 15.8 Å². The van der Waals surface area contributed by atoms with Gasteiger partial charge in [0, 0.05) is 18.1 Å². The van der Waals surface area contributed by atoms with Gasteiger partial charge in [-0.1, -0.05) is 23.2 Å². The van der Waals surface area contributed by atoms with Gasteiger partial charge in [-0.15, -0.1) is 0 Å². The van der Waals surface area contributed by atoms with E-state index < -0.39 is 25.1 Å². The summed E-state index contributed by atoms with van der Waals surface area (Å²) in [5.74, 6) is -0.571. The topological polar surface area (TPSA) is 64.3 Å². The maximum absolute atomic E-state index is 11.9. The van der Waals surface area contributed by atoms with E-state index in [0.29, 0.717) is 5.02 Å². The molecule has 0 aliphatic heterocycles. The molecule has 21 heavy (non-hydrogen) atoms. The second-order valence-electron chi connectivity index (χ2n) is 4.17. The van der Waals surface area contributed by atoms with Crippen molar-refractivity contribution in [3.63, 3.8) is 0 Å². The number of amides is 1. The number of rotatable bonds is 6. The van der Waals surface area contributed by atoms with Gasteiger partial charge in [-0.25, -0.2) is 0 Å². The molecule has 3 N–H and O–H groups in total. The largest absolute Gasteiger partial charge is 0.397 e. The number of benzene rings is 1. The number of ether oxygens (including phenoxy) is 1. The van der Waals surface area contributed by atoms with Crippen LogP contribution in [0.15, 0.2) is 12.1 Å². The highest BCUT2D eigenvalue weighted by Gasteiger charge is 2.26. The van der Waals surface area contributed by atoms with E-state index in [-0.39, 0.29) is 29.4 Å². The van der Waals surface area contributed by atoms with E-state index in [9.17, 15) is 18.0 Å². The van der Waals surface area contributed by atoms with Crippen LogP contribution in [0.3, 0.4) is 0 Å². The first-order valence-corrected chi connectivity index (χ1v) is 6.63. The monoisotopic (exact) mass is 344 g/mol. The van der Waals surface area contributed by atoms with E-state index in [0.717, 1.165) is 0 Å². The summed E-state index contributed by atoms with van der Waals surface area (Å²) in [6, 6.07) is 2.81. The molecule has 0 aliphatic carbocycles. The second kappa shape index (κ2) is 7.72. The Morgan fingerprint density at radius 2 is 2.00 bits per heavy atom. The van der Waals surface area contributed by atoms with Crippen LogP contribution >= 0.6 is 23.2 Å². The molecule has 4 nitrogen and oxygen atoms in total. The Morgan fingerprint density at radius 3 is 2.57 bits per heavy atom. The SMILES string of the molecule is Nc1cc(Cl)cc(Cl)c1NC(=O)COCCCC(F)(F)F. The molecule has 0 fully saturated rings. The highest BCUT2D eigenvalue weighted by molar-refractivity contribution is 6.37. The summed E-state index contributed by atoms with van der Waals surface area (Å²) in [4.78, 5) is 11.6.